The van der Waals surface area contributed by atoms with Crippen LogP contribution in [0.1, 0.15) is 26.3 Å². The van der Waals surface area contributed by atoms with Gasteiger partial charge in [-0.1, -0.05) is 17.7 Å². The highest BCUT2D eigenvalue weighted by Crippen LogP contribution is 2.20. The van der Waals surface area contributed by atoms with Crippen LogP contribution in [-0.4, -0.2) is 29.2 Å². The Hall–Kier alpha value is -1.10. The van der Waals surface area contributed by atoms with Gasteiger partial charge in [0.1, 0.15) is 0 Å². The molecule has 5 heteroatoms. The molecule has 1 atom stereocenters. The smallest absolute Gasteiger partial charge is 0.238 e. The lowest BCUT2D eigenvalue weighted by Crippen LogP contribution is -2.50. The number of benzene rings is 1. The van der Waals surface area contributed by atoms with Crippen LogP contribution in [0.5, 0.6) is 0 Å². The zero-order valence-electron chi connectivity index (χ0n) is 11.7. The Bertz CT molecular complexity index is 459. The fourth-order valence-electron chi connectivity index (χ4n) is 1.38. The van der Waals surface area contributed by atoms with Crippen molar-refractivity contribution in [2.24, 2.45) is 0 Å². The maximum atomic E-state index is 11.8. The van der Waals surface area contributed by atoms with Gasteiger partial charge in [0, 0.05) is 16.2 Å². The topological polar surface area (TPSA) is 61.4 Å². The predicted octanol–water partition coefficient (Wildman–Crippen LogP) is 2.34. The minimum absolute atomic E-state index is 0.129. The summed E-state index contributed by atoms with van der Waals surface area (Å²) in [5.41, 5.74) is 1.14. The third-order valence-electron chi connectivity index (χ3n) is 3.22. The van der Waals surface area contributed by atoms with Gasteiger partial charge < -0.3 is 15.7 Å². The van der Waals surface area contributed by atoms with E-state index < -0.39 is 11.6 Å². The first kappa shape index (κ1) is 16.0. The van der Waals surface area contributed by atoms with Crippen molar-refractivity contribution in [2.75, 3.05) is 11.9 Å². The van der Waals surface area contributed by atoms with Gasteiger partial charge in [0.15, 0.2) is 0 Å². The van der Waals surface area contributed by atoms with Crippen molar-refractivity contribution in [3.8, 4) is 0 Å². The molecule has 0 aliphatic carbocycles. The fraction of sp³-hybridized carbons (Fsp3) is 0.500. The van der Waals surface area contributed by atoms with Crippen molar-refractivity contribution >= 4 is 23.2 Å². The van der Waals surface area contributed by atoms with Gasteiger partial charge in [0.2, 0.25) is 5.91 Å². The summed E-state index contributed by atoms with van der Waals surface area (Å²) in [5, 5.41) is 15.9. The average Bonchev–Trinajstić information content (AvgIpc) is 2.31. The zero-order valence-corrected chi connectivity index (χ0v) is 12.5. The lowest BCUT2D eigenvalue weighted by molar-refractivity contribution is -0.115. The van der Waals surface area contributed by atoms with Crippen molar-refractivity contribution in [3.63, 3.8) is 0 Å². The molecule has 0 heterocycles. The first-order valence-corrected chi connectivity index (χ1v) is 6.59. The molecule has 0 spiro atoms. The number of hydrogen-bond donors (Lipinski definition) is 3. The molecular weight excluding hydrogens is 264 g/mol. The van der Waals surface area contributed by atoms with Crippen LogP contribution in [0.4, 0.5) is 5.69 Å². The number of halogens is 1. The monoisotopic (exact) mass is 284 g/mol. The van der Waals surface area contributed by atoms with Crippen LogP contribution in [0.25, 0.3) is 0 Å². The number of nitrogens with one attached hydrogen (secondary N) is 2. The molecule has 19 heavy (non-hydrogen) atoms. The molecule has 1 unspecified atom stereocenters. The Labute approximate surface area is 119 Å². The maximum absolute atomic E-state index is 11.8. The van der Waals surface area contributed by atoms with Crippen LogP contribution >= 0.6 is 11.6 Å². The molecule has 3 N–H and O–H groups in total. The molecule has 0 saturated heterocycles. The Balaban J connectivity index is 2.59. The van der Waals surface area contributed by atoms with Gasteiger partial charge in [-0.2, -0.15) is 0 Å². The highest BCUT2D eigenvalue weighted by molar-refractivity contribution is 6.31. The van der Waals surface area contributed by atoms with Crippen molar-refractivity contribution in [3.05, 3.63) is 28.8 Å². The van der Waals surface area contributed by atoms with E-state index in [1.165, 1.54) is 0 Å². The standard InChI is InChI=1S/C14H21ClN2O2/c1-9-5-6-11(15)7-12(9)17-13(19)8-16-14(3,4)10(2)18/h5-7,10,16,18H,8H2,1-4H3,(H,17,19). The average molecular weight is 285 g/mol. The molecule has 0 bridgehead atoms. The minimum Gasteiger partial charge on any atom is -0.392 e. The van der Waals surface area contributed by atoms with Gasteiger partial charge in [0.25, 0.3) is 0 Å². The van der Waals surface area contributed by atoms with Crippen molar-refractivity contribution in [1.82, 2.24) is 5.32 Å². The van der Waals surface area contributed by atoms with Gasteiger partial charge in [0.05, 0.1) is 12.6 Å². The quantitative estimate of drug-likeness (QED) is 0.778. The molecule has 0 aromatic heterocycles. The number of hydrogen-bond acceptors (Lipinski definition) is 3. The molecule has 0 fully saturated rings. The second-order valence-corrected chi connectivity index (χ2v) is 5.70. The first-order valence-electron chi connectivity index (χ1n) is 6.21. The molecule has 0 aliphatic rings. The summed E-state index contributed by atoms with van der Waals surface area (Å²) < 4.78 is 0. The van der Waals surface area contributed by atoms with Crippen LogP contribution in [0, 0.1) is 6.92 Å². The van der Waals surface area contributed by atoms with E-state index in [1.54, 1.807) is 19.1 Å². The Morgan fingerprint density at radius 2 is 2.11 bits per heavy atom. The summed E-state index contributed by atoms with van der Waals surface area (Å²) in [5.74, 6) is -0.168. The molecule has 0 saturated carbocycles. The van der Waals surface area contributed by atoms with Crippen LogP contribution in [0.2, 0.25) is 5.02 Å². The highest BCUT2D eigenvalue weighted by Gasteiger charge is 2.24. The van der Waals surface area contributed by atoms with Gasteiger partial charge in [-0.15, -0.1) is 0 Å². The number of aryl methyl sites for hydroxylation is 1. The highest BCUT2D eigenvalue weighted by atomic mass is 35.5. The van der Waals surface area contributed by atoms with Gasteiger partial charge in [-0.05, 0) is 45.4 Å². The number of carbonyl (C=O) groups excluding carboxylic acids is 1. The number of anilines is 1. The lowest BCUT2D eigenvalue weighted by atomic mass is 9.99. The van der Waals surface area contributed by atoms with E-state index in [4.69, 9.17) is 11.6 Å². The zero-order chi connectivity index (χ0) is 14.6. The molecule has 1 rings (SSSR count). The molecule has 1 amide bonds. The van der Waals surface area contributed by atoms with Crippen molar-refractivity contribution in [1.29, 1.82) is 0 Å². The summed E-state index contributed by atoms with van der Waals surface area (Å²) in [6, 6.07) is 5.35. The van der Waals surface area contributed by atoms with E-state index in [0.29, 0.717) is 10.7 Å². The second kappa shape index (κ2) is 6.37. The number of aliphatic hydroxyl groups is 1. The van der Waals surface area contributed by atoms with E-state index in [9.17, 15) is 9.90 Å². The van der Waals surface area contributed by atoms with Crippen molar-refractivity contribution in [2.45, 2.75) is 39.3 Å². The van der Waals surface area contributed by atoms with Crippen LogP contribution in [0.3, 0.4) is 0 Å². The SMILES string of the molecule is Cc1ccc(Cl)cc1NC(=O)CNC(C)(C)C(C)O. The van der Waals surface area contributed by atoms with Crippen molar-refractivity contribution < 1.29 is 9.90 Å². The van der Waals surface area contributed by atoms with E-state index in [-0.39, 0.29) is 12.5 Å². The van der Waals surface area contributed by atoms with Crippen LogP contribution < -0.4 is 10.6 Å². The Morgan fingerprint density at radius 1 is 1.47 bits per heavy atom. The number of rotatable bonds is 5. The Morgan fingerprint density at radius 3 is 2.68 bits per heavy atom. The Kier molecular flexibility index (Phi) is 5.35. The van der Waals surface area contributed by atoms with Gasteiger partial charge in [-0.25, -0.2) is 0 Å². The molecule has 106 valence electrons. The number of amides is 1. The van der Waals surface area contributed by atoms with E-state index in [2.05, 4.69) is 10.6 Å². The molecular formula is C14H21ClN2O2. The number of carbonyl (C=O) groups is 1. The first-order chi connectivity index (χ1) is 8.72. The van der Waals surface area contributed by atoms with E-state index >= 15 is 0 Å². The summed E-state index contributed by atoms with van der Waals surface area (Å²) in [7, 11) is 0. The lowest BCUT2D eigenvalue weighted by Gasteiger charge is -2.29. The largest absolute Gasteiger partial charge is 0.392 e. The maximum Gasteiger partial charge on any atom is 0.238 e. The number of aliphatic hydroxyl groups excluding tert-OH is 1. The third kappa shape index (κ3) is 4.82. The molecule has 0 radical (unpaired) electrons. The van der Waals surface area contributed by atoms with Gasteiger partial charge in [-0.3, -0.25) is 4.79 Å². The van der Waals surface area contributed by atoms with Crippen LogP contribution in [-0.2, 0) is 4.79 Å². The van der Waals surface area contributed by atoms with Crippen LogP contribution in [0.15, 0.2) is 18.2 Å². The van der Waals surface area contributed by atoms with E-state index in [1.807, 2.05) is 26.8 Å². The third-order valence-corrected chi connectivity index (χ3v) is 3.46. The summed E-state index contributed by atoms with van der Waals surface area (Å²) in [6.07, 6.45) is -0.548. The minimum atomic E-state index is -0.548. The fourth-order valence-corrected chi connectivity index (χ4v) is 1.55. The molecule has 0 aliphatic heterocycles. The molecule has 1 aromatic carbocycles. The second-order valence-electron chi connectivity index (χ2n) is 5.26. The summed E-state index contributed by atoms with van der Waals surface area (Å²) >= 11 is 5.89. The van der Waals surface area contributed by atoms with Gasteiger partial charge >= 0.3 is 0 Å². The normalized spacial score (nSPS) is 13.2. The summed E-state index contributed by atoms with van der Waals surface area (Å²) in [6.45, 7) is 7.40. The molecule has 4 nitrogen and oxygen atoms in total. The summed E-state index contributed by atoms with van der Waals surface area (Å²) in [4.78, 5) is 11.8. The predicted molar refractivity (Wildman–Crippen MR) is 78.6 cm³/mol. The molecule has 1 aromatic rings. The van der Waals surface area contributed by atoms with E-state index in [0.717, 1.165) is 5.56 Å².